The van der Waals surface area contributed by atoms with Crippen LogP contribution in [0.1, 0.15) is 18.4 Å². The van der Waals surface area contributed by atoms with E-state index >= 15 is 0 Å². The Labute approximate surface area is 190 Å². The van der Waals surface area contributed by atoms with Gasteiger partial charge in [-0.2, -0.15) is 0 Å². The van der Waals surface area contributed by atoms with Gasteiger partial charge in [-0.15, -0.1) is 0 Å². The first-order valence-corrected chi connectivity index (χ1v) is 11.0. The first-order chi connectivity index (χ1) is 15.3. The van der Waals surface area contributed by atoms with E-state index in [9.17, 15) is 9.50 Å². The highest BCUT2D eigenvalue weighted by molar-refractivity contribution is 5.43. The maximum absolute atomic E-state index is 13.1. The Kier molecular flexibility index (Phi) is 8.28. The van der Waals surface area contributed by atoms with Gasteiger partial charge in [0.25, 0.3) is 0 Å². The predicted molar refractivity (Wildman–Crippen MR) is 124 cm³/mol. The van der Waals surface area contributed by atoms with Gasteiger partial charge in [-0.05, 0) is 63.8 Å². The fourth-order valence-electron chi connectivity index (χ4n) is 4.10. The SMILES string of the molecule is COc1cc(CN(C)C[C@@]2(O)CCN(c3ccc(F)cn3)C2)ccc1OCCCN(C)C. The second-order valence-corrected chi connectivity index (χ2v) is 8.89. The third kappa shape index (κ3) is 6.79. The number of nitrogens with zero attached hydrogens (tertiary/aromatic N) is 4. The molecule has 1 N–H and O–H groups in total. The normalized spacial score (nSPS) is 18.6. The summed E-state index contributed by atoms with van der Waals surface area (Å²) in [5.74, 6) is 1.79. The van der Waals surface area contributed by atoms with Crippen LogP contribution in [0.3, 0.4) is 0 Å². The van der Waals surface area contributed by atoms with Crippen molar-refractivity contribution < 1.29 is 19.0 Å². The molecule has 1 aromatic heterocycles. The average Bonchev–Trinajstić information content (AvgIpc) is 3.13. The lowest BCUT2D eigenvalue weighted by Crippen LogP contribution is -2.43. The molecular weight excluding hydrogens is 411 g/mol. The van der Waals surface area contributed by atoms with Gasteiger partial charge in [-0.1, -0.05) is 6.07 Å². The lowest BCUT2D eigenvalue weighted by Gasteiger charge is -2.29. The molecule has 2 heterocycles. The summed E-state index contributed by atoms with van der Waals surface area (Å²) in [6.45, 7) is 3.98. The first kappa shape index (κ1) is 24.2. The second kappa shape index (κ2) is 10.9. The highest BCUT2D eigenvalue weighted by Gasteiger charge is 2.37. The molecule has 176 valence electrons. The summed E-state index contributed by atoms with van der Waals surface area (Å²) in [4.78, 5) is 10.4. The number of aromatic nitrogens is 1. The van der Waals surface area contributed by atoms with E-state index in [1.807, 2.05) is 44.2 Å². The van der Waals surface area contributed by atoms with Crippen molar-refractivity contribution in [3.05, 3.63) is 47.9 Å². The van der Waals surface area contributed by atoms with Crippen LogP contribution in [0, 0.1) is 5.82 Å². The van der Waals surface area contributed by atoms with Crippen molar-refractivity contribution in [3.63, 3.8) is 0 Å². The molecule has 0 aliphatic carbocycles. The summed E-state index contributed by atoms with van der Waals surface area (Å²) < 4.78 is 24.5. The molecule has 0 saturated carbocycles. The van der Waals surface area contributed by atoms with Gasteiger partial charge in [0, 0.05) is 32.7 Å². The van der Waals surface area contributed by atoms with Crippen LogP contribution in [0.15, 0.2) is 36.5 Å². The Morgan fingerprint density at radius 3 is 2.69 bits per heavy atom. The number of benzene rings is 1. The van der Waals surface area contributed by atoms with Crippen molar-refractivity contribution in [2.45, 2.75) is 25.0 Å². The number of halogens is 1. The molecule has 8 heteroatoms. The van der Waals surface area contributed by atoms with Crippen molar-refractivity contribution >= 4 is 5.82 Å². The zero-order chi connectivity index (χ0) is 23.1. The van der Waals surface area contributed by atoms with Crippen LogP contribution in [0.2, 0.25) is 0 Å². The summed E-state index contributed by atoms with van der Waals surface area (Å²) in [6.07, 6.45) is 2.80. The molecule has 2 aromatic rings. The standard InChI is InChI=1S/C24H35FN4O3/c1-27(2)11-5-13-32-21-8-6-19(14-22(21)31-4)16-28(3)17-24(30)10-12-29(18-24)23-9-7-20(25)15-26-23/h6-9,14-15,30H,5,10-13,16-18H2,1-4H3/t24-/m0/s1. The van der Waals surface area contributed by atoms with E-state index in [1.54, 1.807) is 13.2 Å². The molecule has 0 amide bonds. The molecule has 1 atom stereocenters. The molecule has 1 aliphatic heterocycles. The Morgan fingerprint density at radius 2 is 2.00 bits per heavy atom. The molecular formula is C24H35FN4O3. The van der Waals surface area contributed by atoms with Gasteiger partial charge >= 0.3 is 0 Å². The van der Waals surface area contributed by atoms with E-state index in [2.05, 4.69) is 14.8 Å². The number of ether oxygens (including phenoxy) is 2. The zero-order valence-corrected chi connectivity index (χ0v) is 19.6. The van der Waals surface area contributed by atoms with Crippen molar-refractivity contribution in [1.82, 2.24) is 14.8 Å². The molecule has 1 aromatic carbocycles. The number of methoxy groups -OCH3 is 1. The number of anilines is 1. The minimum absolute atomic E-state index is 0.358. The molecule has 32 heavy (non-hydrogen) atoms. The number of hydrogen-bond donors (Lipinski definition) is 1. The van der Waals surface area contributed by atoms with Gasteiger partial charge < -0.3 is 24.4 Å². The molecule has 0 bridgehead atoms. The van der Waals surface area contributed by atoms with Gasteiger partial charge in [-0.3, -0.25) is 4.90 Å². The van der Waals surface area contributed by atoms with Crippen molar-refractivity contribution in [1.29, 1.82) is 0 Å². The van der Waals surface area contributed by atoms with Gasteiger partial charge in [0.15, 0.2) is 11.5 Å². The Balaban J connectivity index is 1.53. The monoisotopic (exact) mass is 446 g/mol. The summed E-state index contributed by atoms with van der Waals surface area (Å²) >= 11 is 0. The van der Waals surface area contributed by atoms with Crippen LogP contribution >= 0.6 is 0 Å². The van der Waals surface area contributed by atoms with Crippen LogP contribution in [-0.4, -0.2) is 86.5 Å². The molecule has 1 aliphatic rings. The lowest BCUT2D eigenvalue weighted by molar-refractivity contribution is 0.0279. The molecule has 0 spiro atoms. The summed E-state index contributed by atoms with van der Waals surface area (Å²) in [5.41, 5.74) is 0.244. The first-order valence-electron chi connectivity index (χ1n) is 11.0. The fraction of sp³-hybridized carbons (Fsp3) is 0.542. The van der Waals surface area contributed by atoms with Crippen molar-refractivity contribution in [2.75, 3.05) is 65.9 Å². The van der Waals surface area contributed by atoms with E-state index in [4.69, 9.17) is 9.47 Å². The summed E-state index contributed by atoms with van der Waals surface area (Å²) in [7, 11) is 7.74. The van der Waals surface area contributed by atoms with Gasteiger partial charge in [-0.25, -0.2) is 9.37 Å². The number of likely N-dealkylation sites (N-methyl/N-ethyl adjacent to an activating group) is 1. The van der Waals surface area contributed by atoms with Crippen LogP contribution in [-0.2, 0) is 6.54 Å². The minimum Gasteiger partial charge on any atom is -0.493 e. The van der Waals surface area contributed by atoms with Crippen LogP contribution in [0.4, 0.5) is 10.2 Å². The molecule has 1 fully saturated rings. The number of β-amino-alcohol motifs (C(OH)–C–C–N with tert-alkyl or cyclic N) is 1. The van der Waals surface area contributed by atoms with E-state index in [-0.39, 0.29) is 5.82 Å². The zero-order valence-electron chi connectivity index (χ0n) is 19.6. The highest BCUT2D eigenvalue weighted by Crippen LogP contribution is 2.30. The smallest absolute Gasteiger partial charge is 0.161 e. The van der Waals surface area contributed by atoms with E-state index < -0.39 is 5.60 Å². The maximum Gasteiger partial charge on any atom is 0.161 e. The fourth-order valence-corrected chi connectivity index (χ4v) is 4.10. The average molecular weight is 447 g/mol. The van der Waals surface area contributed by atoms with Gasteiger partial charge in [0.05, 0.1) is 25.5 Å². The van der Waals surface area contributed by atoms with E-state index in [1.165, 1.54) is 12.3 Å². The third-order valence-electron chi connectivity index (χ3n) is 5.62. The summed E-state index contributed by atoms with van der Waals surface area (Å²) in [6, 6.07) is 9.03. The largest absolute Gasteiger partial charge is 0.493 e. The van der Waals surface area contributed by atoms with Crippen molar-refractivity contribution in [3.8, 4) is 11.5 Å². The maximum atomic E-state index is 13.1. The van der Waals surface area contributed by atoms with Gasteiger partial charge in [0.1, 0.15) is 11.6 Å². The van der Waals surface area contributed by atoms with E-state index in [0.717, 1.165) is 24.3 Å². The van der Waals surface area contributed by atoms with Crippen LogP contribution in [0.25, 0.3) is 0 Å². The Morgan fingerprint density at radius 1 is 1.19 bits per heavy atom. The molecule has 7 nitrogen and oxygen atoms in total. The lowest BCUT2D eigenvalue weighted by atomic mass is 10.0. The molecule has 0 unspecified atom stereocenters. The second-order valence-electron chi connectivity index (χ2n) is 8.89. The number of rotatable bonds is 11. The number of aliphatic hydroxyl groups is 1. The minimum atomic E-state index is -0.843. The number of pyridine rings is 1. The van der Waals surface area contributed by atoms with E-state index in [0.29, 0.717) is 50.8 Å². The third-order valence-corrected chi connectivity index (χ3v) is 5.62. The quantitative estimate of drug-likeness (QED) is 0.533. The highest BCUT2D eigenvalue weighted by atomic mass is 19.1. The molecule has 0 radical (unpaired) electrons. The summed E-state index contributed by atoms with van der Waals surface area (Å²) in [5, 5.41) is 11.1. The molecule has 1 saturated heterocycles. The topological polar surface area (TPSA) is 61.3 Å². The number of hydrogen-bond acceptors (Lipinski definition) is 7. The van der Waals surface area contributed by atoms with Crippen molar-refractivity contribution in [2.24, 2.45) is 0 Å². The van der Waals surface area contributed by atoms with Crippen LogP contribution in [0.5, 0.6) is 11.5 Å². The van der Waals surface area contributed by atoms with Crippen LogP contribution < -0.4 is 14.4 Å². The molecule has 3 rings (SSSR count). The Bertz CT molecular complexity index is 865. The predicted octanol–water partition coefficient (Wildman–Crippen LogP) is 2.63. The Hall–Kier alpha value is -2.42. The van der Waals surface area contributed by atoms with Gasteiger partial charge in [0.2, 0.25) is 0 Å².